The van der Waals surface area contributed by atoms with Crippen LogP contribution in [0.4, 0.5) is 8.78 Å². The Kier molecular flexibility index (Phi) is 2.61. The zero-order chi connectivity index (χ0) is 15.4. The summed E-state index contributed by atoms with van der Waals surface area (Å²) in [6.07, 6.45) is 3.00. The van der Waals surface area contributed by atoms with Crippen molar-refractivity contribution >= 4 is 10.8 Å². The number of hydrogen-bond donors (Lipinski definition) is 0. The standard InChI is InChI=1S/C16H13F2N3O/c1-15(8-16(17,18)9-15)14-20-13(21-22-14)11-2-3-12-7-19-5-4-10(12)6-11/h2-7H,8-9H2,1H3. The second-order valence-electron chi connectivity index (χ2n) is 6.13. The molecule has 2 aromatic heterocycles. The van der Waals surface area contributed by atoms with Gasteiger partial charge in [0.15, 0.2) is 0 Å². The lowest BCUT2D eigenvalue weighted by atomic mass is 9.67. The topological polar surface area (TPSA) is 51.8 Å². The summed E-state index contributed by atoms with van der Waals surface area (Å²) in [4.78, 5) is 8.38. The van der Waals surface area contributed by atoms with Crippen molar-refractivity contribution in [3.05, 3.63) is 42.5 Å². The van der Waals surface area contributed by atoms with Gasteiger partial charge in [0.2, 0.25) is 17.6 Å². The van der Waals surface area contributed by atoms with Crippen molar-refractivity contribution in [1.82, 2.24) is 15.1 Å². The van der Waals surface area contributed by atoms with Crippen LogP contribution in [0.25, 0.3) is 22.2 Å². The average molecular weight is 301 g/mol. The number of pyridine rings is 1. The zero-order valence-electron chi connectivity index (χ0n) is 11.9. The van der Waals surface area contributed by atoms with Crippen molar-refractivity contribution in [2.24, 2.45) is 0 Å². The van der Waals surface area contributed by atoms with Gasteiger partial charge in [0.1, 0.15) is 0 Å². The highest BCUT2D eigenvalue weighted by atomic mass is 19.3. The fourth-order valence-electron chi connectivity index (χ4n) is 3.05. The normalized spacial score (nSPS) is 19.0. The summed E-state index contributed by atoms with van der Waals surface area (Å²) < 4.78 is 31.5. The lowest BCUT2D eigenvalue weighted by molar-refractivity contribution is -0.128. The Hall–Kier alpha value is -2.37. The SMILES string of the molecule is CC1(c2nc(-c3ccc4cnccc4c3)no2)CC(F)(F)C1. The van der Waals surface area contributed by atoms with Crippen LogP contribution in [-0.4, -0.2) is 21.0 Å². The Morgan fingerprint density at radius 1 is 1.14 bits per heavy atom. The second-order valence-corrected chi connectivity index (χ2v) is 6.13. The Labute approximate surface area is 125 Å². The van der Waals surface area contributed by atoms with E-state index in [0.29, 0.717) is 5.82 Å². The molecule has 0 saturated heterocycles. The molecule has 22 heavy (non-hydrogen) atoms. The van der Waals surface area contributed by atoms with Crippen LogP contribution in [-0.2, 0) is 5.41 Å². The summed E-state index contributed by atoms with van der Waals surface area (Å²) in [6, 6.07) is 7.63. The van der Waals surface area contributed by atoms with Gasteiger partial charge in [0.25, 0.3) is 0 Å². The molecule has 1 aliphatic rings. The van der Waals surface area contributed by atoms with Crippen LogP contribution in [0, 0.1) is 0 Å². The predicted octanol–water partition coefficient (Wildman–Crippen LogP) is 3.97. The molecular formula is C16H13F2N3O. The van der Waals surface area contributed by atoms with Crippen LogP contribution in [0.3, 0.4) is 0 Å². The Balaban J connectivity index is 1.68. The first-order valence-corrected chi connectivity index (χ1v) is 7.01. The van der Waals surface area contributed by atoms with Crippen molar-refractivity contribution in [2.45, 2.75) is 31.1 Å². The minimum atomic E-state index is -2.63. The van der Waals surface area contributed by atoms with E-state index in [4.69, 9.17) is 4.52 Å². The Morgan fingerprint density at radius 2 is 1.95 bits per heavy atom. The third-order valence-electron chi connectivity index (χ3n) is 4.14. The zero-order valence-corrected chi connectivity index (χ0v) is 11.9. The molecule has 0 N–H and O–H groups in total. The third kappa shape index (κ3) is 2.06. The minimum absolute atomic E-state index is 0.245. The molecule has 0 bridgehead atoms. The smallest absolute Gasteiger partial charge is 0.250 e. The summed E-state index contributed by atoms with van der Waals surface area (Å²) in [5.41, 5.74) is 0.0681. The highest BCUT2D eigenvalue weighted by Crippen LogP contribution is 2.52. The lowest BCUT2D eigenvalue weighted by Gasteiger charge is -2.41. The largest absolute Gasteiger partial charge is 0.338 e. The molecule has 1 aliphatic carbocycles. The fourth-order valence-corrected chi connectivity index (χ4v) is 3.05. The second kappa shape index (κ2) is 4.32. The summed E-state index contributed by atoms with van der Waals surface area (Å²) >= 11 is 0. The van der Waals surface area contributed by atoms with Crippen LogP contribution < -0.4 is 0 Å². The highest BCUT2D eigenvalue weighted by Gasteiger charge is 2.57. The summed E-state index contributed by atoms with van der Waals surface area (Å²) in [5, 5.41) is 5.97. The molecule has 1 fully saturated rings. The van der Waals surface area contributed by atoms with E-state index in [2.05, 4.69) is 15.1 Å². The van der Waals surface area contributed by atoms with Gasteiger partial charge in [-0.2, -0.15) is 4.98 Å². The van der Waals surface area contributed by atoms with Crippen LogP contribution >= 0.6 is 0 Å². The predicted molar refractivity (Wildman–Crippen MR) is 76.6 cm³/mol. The molecule has 1 saturated carbocycles. The molecule has 0 radical (unpaired) electrons. The maximum atomic E-state index is 13.1. The van der Waals surface area contributed by atoms with Gasteiger partial charge in [-0.05, 0) is 17.5 Å². The van der Waals surface area contributed by atoms with Gasteiger partial charge in [-0.15, -0.1) is 0 Å². The Morgan fingerprint density at radius 3 is 2.73 bits per heavy atom. The van der Waals surface area contributed by atoms with Crippen molar-refractivity contribution in [1.29, 1.82) is 0 Å². The molecule has 0 unspecified atom stereocenters. The number of benzene rings is 1. The Bertz CT molecular complexity index is 851. The molecule has 4 nitrogen and oxygen atoms in total. The first-order chi connectivity index (χ1) is 10.5. The summed E-state index contributed by atoms with van der Waals surface area (Å²) in [7, 11) is 0. The number of nitrogens with zero attached hydrogens (tertiary/aromatic N) is 3. The van der Waals surface area contributed by atoms with Crippen LogP contribution in [0.5, 0.6) is 0 Å². The van der Waals surface area contributed by atoms with Gasteiger partial charge in [0, 0.05) is 36.2 Å². The molecule has 4 rings (SSSR count). The summed E-state index contributed by atoms with van der Waals surface area (Å²) in [5.74, 6) is -1.92. The lowest BCUT2D eigenvalue weighted by Crippen LogP contribution is -2.47. The van der Waals surface area contributed by atoms with Crippen LogP contribution in [0.2, 0.25) is 0 Å². The van der Waals surface area contributed by atoms with E-state index in [0.717, 1.165) is 16.3 Å². The maximum Gasteiger partial charge on any atom is 0.250 e. The van der Waals surface area contributed by atoms with Gasteiger partial charge in [-0.25, -0.2) is 8.78 Å². The molecule has 0 spiro atoms. The van der Waals surface area contributed by atoms with E-state index in [1.165, 1.54) is 0 Å². The summed E-state index contributed by atoms with van der Waals surface area (Å²) in [6.45, 7) is 1.73. The van der Waals surface area contributed by atoms with Gasteiger partial charge in [0.05, 0.1) is 5.41 Å². The van der Waals surface area contributed by atoms with Gasteiger partial charge in [-0.3, -0.25) is 4.98 Å². The van der Waals surface area contributed by atoms with Crippen molar-refractivity contribution in [3.63, 3.8) is 0 Å². The van der Waals surface area contributed by atoms with Gasteiger partial charge < -0.3 is 4.52 Å². The van der Waals surface area contributed by atoms with E-state index >= 15 is 0 Å². The number of hydrogen-bond acceptors (Lipinski definition) is 4. The van der Waals surface area contributed by atoms with Crippen molar-refractivity contribution in [2.75, 3.05) is 0 Å². The van der Waals surface area contributed by atoms with Crippen molar-refractivity contribution < 1.29 is 13.3 Å². The van der Waals surface area contributed by atoms with Crippen LogP contribution in [0.15, 0.2) is 41.2 Å². The molecule has 0 amide bonds. The van der Waals surface area contributed by atoms with E-state index in [1.807, 2.05) is 24.3 Å². The minimum Gasteiger partial charge on any atom is -0.338 e. The van der Waals surface area contributed by atoms with E-state index in [9.17, 15) is 8.78 Å². The molecule has 1 aromatic carbocycles. The monoisotopic (exact) mass is 301 g/mol. The quantitative estimate of drug-likeness (QED) is 0.718. The molecule has 0 aliphatic heterocycles. The van der Waals surface area contributed by atoms with Crippen LogP contribution in [0.1, 0.15) is 25.7 Å². The number of alkyl halides is 2. The number of aromatic nitrogens is 3. The first kappa shape index (κ1) is 13.3. The highest BCUT2D eigenvalue weighted by molar-refractivity contribution is 5.85. The van der Waals surface area contributed by atoms with Gasteiger partial charge in [-0.1, -0.05) is 24.2 Å². The first-order valence-electron chi connectivity index (χ1n) is 7.01. The maximum absolute atomic E-state index is 13.1. The fraction of sp³-hybridized carbons (Fsp3) is 0.312. The van der Waals surface area contributed by atoms with Crippen molar-refractivity contribution in [3.8, 4) is 11.4 Å². The molecule has 2 heterocycles. The number of fused-ring (bicyclic) bond motifs is 1. The molecule has 3 aromatic rings. The van der Waals surface area contributed by atoms with E-state index in [-0.39, 0.29) is 18.7 Å². The number of halogens is 2. The third-order valence-corrected chi connectivity index (χ3v) is 4.14. The van der Waals surface area contributed by atoms with E-state index in [1.54, 1.807) is 19.3 Å². The molecular weight excluding hydrogens is 288 g/mol. The van der Waals surface area contributed by atoms with Gasteiger partial charge >= 0.3 is 0 Å². The molecule has 6 heteroatoms. The molecule has 112 valence electrons. The molecule has 0 atom stereocenters. The van der Waals surface area contributed by atoms with E-state index < -0.39 is 11.3 Å². The average Bonchev–Trinajstić information content (AvgIpc) is 2.95. The number of rotatable bonds is 2.